The number of amides is 1. The van der Waals surface area contributed by atoms with Crippen LogP contribution in [0.1, 0.15) is 37.3 Å². The summed E-state index contributed by atoms with van der Waals surface area (Å²) in [5.41, 5.74) is 1.29. The van der Waals surface area contributed by atoms with Crippen LogP contribution in [0.5, 0.6) is 5.75 Å². The van der Waals surface area contributed by atoms with Crippen LogP contribution in [0.4, 0.5) is 5.13 Å². The van der Waals surface area contributed by atoms with Crippen LogP contribution >= 0.6 is 11.3 Å². The molecule has 1 aromatic carbocycles. The van der Waals surface area contributed by atoms with Crippen LogP contribution in [0.15, 0.2) is 47.2 Å². The Morgan fingerprint density at radius 3 is 2.89 bits per heavy atom. The van der Waals surface area contributed by atoms with Crippen LogP contribution in [0.2, 0.25) is 0 Å². The summed E-state index contributed by atoms with van der Waals surface area (Å²) in [6, 6.07) is 6.96. The number of anilines is 1. The molecule has 3 aliphatic rings. The standard InChI is InChI=1S/C21H20N2O4S/c1-26-13-6-4-5-12(11-13)17-16-18(24)14-7-2-3-8-15(14)27-19(16)20(25)23(17)21-22-9-10-28-21/h4-6,9-11,14-15,17H,2-3,7-8H2,1H3. The van der Waals surface area contributed by atoms with Crippen molar-refractivity contribution in [3.8, 4) is 5.75 Å². The van der Waals surface area contributed by atoms with Crippen LogP contribution in [-0.4, -0.2) is 29.9 Å². The Kier molecular flexibility index (Phi) is 4.19. The van der Waals surface area contributed by atoms with Crippen molar-refractivity contribution >= 4 is 28.2 Å². The highest BCUT2D eigenvalue weighted by Gasteiger charge is 2.53. The highest BCUT2D eigenvalue weighted by atomic mass is 32.1. The van der Waals surface area contributed by atoms with Crippen LogP contribution in [0.25, 0.3) is 0 Å². The fourth-order valence-corrected chi connectivity index (χ4v) is 5.17. The molecule has 1 fully saturated rings. The van der Waals surface area contributed by atoms with Crippen molar-refractivity contribution < 1.29 is 19.1 Å². The average molecular weight is 396 g/mol. The first-order valence-corrected chi connectivity index (χ1v) is 10.4. The second kappa shape index (κ2) is 6.74. The van der Waals surface area contributed by atoms with E-state index in [-0.39, 0.29) is 29.5 Å². The molecule has 0 spiro atoms. The van der Waals surface area contributed by atoms with Gasteiger partial charge in [0.05, 0.1) is 24.6 Å². The van der Waals surface area contributed by atoms with Gasteiger partial charge in [-0.2, -0.15) is 0 Å². The quantitative estimate of drug-likeness (QED) is 0.792. The number of thiazole rings is 1. The Morgan fingerprint density at radius 2 is 2.11 bits per heavy atom. The smallest absolute Gasteiger partial charge is 0.296 e. The van der Waals surface area contributed by atoms with Crippen molar-refractivity contribution in [3.63, 3.8) is 0 Å². The van der Waals surface area contributed by atoms with Crippen molar-refractivity contribution in [2.24, 2.45) is 5.92 Å². The van der Waals surface area contributed by atoms with E-state index in [1.807, 2.05) is 29.6 Å². The molecule has 3 atom stereocenters. The van der Waals surface area contributed by atoms with E-state index in [4.69, 9.17) is 9.47 Å². The fraction of sp³-hybridized carbons (Fsp3) is 0.381. The van der Waals surface area contributed by atoms with E-state index in [2.05, 4.69) is 4.98 Å². The topological polar surface area (TPSA) is 68.7 Å². The summed E-state index contributed by atoms with van der Waals surface area (Å²) < 4.78 is 11.5. The van der Waals surface area contributed by atoms with Gasteiger partial charge >= 0.3 is 0 Å². The lowest BCUT2D eigenvalue weighted by atomic mass is 9.77. The Labute approximate surface area is 166 Å². The number of methoxy groups -OCH3 is 1. The zero-order valence-corrected chi connectivity index (χ0v) is 16.3. The van der Waals surface area contributed by atoms with Crippen LogP contribution in [-0.2, 0) is 14.3 Å². The number of rotatable bonds is 3. The number of ether oxygens (including phenoxy) is 2. The van der Waals surface area contributed by atoms with E-state index in [0.717, 1.165) is 31.2 Å². The molecule has 7 heteroatoms. The summed E-state index contributed by atoms with van der Waals surface area (Å²) in [5, 5.41) is 2.39. The van der Waals surface area contributed by atoms with Gasteiger partial charge in [0.1, 0.15) is 11.9 Å². The fourth-order valence-electron chi connectivity index (χ4n) is 4.50. The Bertz CT molecular complexity index is 969. The van der Waals surface area contributed by atoms with Gasteiger partial charge in [-0.05, 0) is 37.0 Å². The maximum absolute atomic E-state index is 13.5. The molecule has 0 saturated heterocycles. The van der Waals surface area contributed by atoms with Gasteiger partial charge in [-0.3, -0.25) is 14.5 Å². The van der Waals surface area contributed by atoms with Gasteiger partial charge in [-0.25, -0.2) is 4.98 Å². The third-order valence-electron chi connectivity index (χ3n) is 5.80. The van der Waals surface area contributed by atoms with Crippen molar-refractivity contribution in [2.45, 2.75) is 37.8 Å². The molecule has 1 aromatic heterocycles. The predicted molar refractivity (Wildman–Crippen MR) is 104 cm³/mol. The summed E-state index contributed by atoms with van der Waals surface area (Å²) in [4.78, 5) is 32.7. The first-order valence-electron chi connectivity index (χ1n) is 9.51. The van der Waals surface area contributed by atoms with Gasteiger partial charge in [0, 0.05) is 11.6 Å². The van der Waals surface area contributed by atoms with E-state index in [9.17, 15) is 9.59 Å². The van der Waals surface area contributed by atoms with Gasteiger partial charge in [-0.1, -0.05) is 18.6 Å². The van der Waals surface area contributed by atoms with Gasteiger partial charge in [0.2, 0.25) is 0 Å². The molecule has 0 N–H and O–H groups in total. The molecular formula is C21H20N2O4S. The first kappa shape index (κ1) is 17.4. The molecule has 28 heavy (non-hydrogen) atoms. The summed E-state index contributed by atoms with van der Waals surface area (Å²) in [6.45, 7) is 0. The van der Waals surface area contributed by atoms with Crippen molar-refractivity contribution in [3.05, 3.63) is 52.7 Å². The molecule has 0 bridgehead atoms. The number of carbonyl (C=O) groups excluding carboxylic acids is 2. The molecule has 144 valence electrons. The highest BCUT2D eigenvalue weighted by molar-refractivity contribution is 7.13. The summed E-state index contributed by atoms with van der Waals surface area (Å²) in [7, 11) is 1.60. The van der Waals surface area contributed by atoms with E-state index in [1.54, 1.807) is 18.2 Å². The molecule has 2 aromatic rings. The second-order valence-corrected chi connectivity index (χ2v) is 8.20. The number of fused-ring (bicyclic) bond motifs is 1. The number of aromatic nitrogens is 1. The average Bonchev–Trinajstić information content (AvgIpc) is 3.35. The summed E-state index contributed by atoms with van der Waals surface area (Å²) >= 11 is 1.37. The minimum absolute atomic E-state index is 0.0474. The van der Waals surface area contributed by atoms with Crippen LogP contribution in [0.3, 0.4) is 0 Å². The molecule has 5 rings (SSSR count). The third kappa shape index (κ3) is 2.57. The lowest BCUT2D eigenvalue weighted by Gasteiger charge is -2.35. The summed E-state index contributed by atoms with van der Waals surface area (Å²) in [5.74, 6) is 0.486. The molecule has 6 nitrogen and oxygen atoms in total. The Balaban J connectivity index is 1.66. The number of hydrogen-bond acceptors (Lipinski definition) is 6. The van der Waals surface area contributed by atoms with Gasteiger partial charge < -0.3 is 9.47 Å². The van der Waals surface area contributed by atoms with Crippen molar-refractivity contribution in [1.82, 2.24) is 4.98 Å². The van der Waals surface area contributed by atoms with Crippen LogP contribution < -0.4 is 9.64 Å². The number of benzene rings is 1. The predicted octanol–water partition coefficient (Wildman–Crippen LogP) is 3.65. The molecule has 1 saturated carbocycles. The third-order valence-corrected chi connectivity index (χ3v) is 6.57. The number of hydrogen-bond donors (Lipinski definition) is 0. The van der Waals surface area contributed by atoms with E-state index in [0.29, 0.717) is 16.5 Å². The van der Waals surface area contributed by atoms with Crippen molar-refractivity contribution in [2.75, 3.05) is 12.0 Å². The van der Waals surface area contributed by atoms with Crippen LogP contribution in [0, 0.1) is 5.92 Å². The Hall–Kier alpha value is -2.67. The largest absolute Gasteiger partial charge is 0.497 e. The lowest BCUT2D eigenvalue weighted by molar-refractivity contribution is -0.131. The maximum Gasteiger partial charge on any atom is 0.296 e. The SMILES string of the molecule is COc1cccc(C2C3=C(OC4CCCCC4C3=O)C(=O)N2c2nccs2)c1. The zero-order chi connectivity index (χ0) is 19.3. The molecule has 1 amide bonds. The zero-order valence-electron chi connectivity index (χ0n) is 15.5. The lowest BCUT2D eigenvalue weighted by Crippen LogP contribution is -2.39. The van der Waals surface area contributed by atoms with E-state index < -0.39 is 6.04 Å². The van der Waals surface area contributed by atoms with E-state index in [1.165, 1.54) is 11.3 Å². The molecule has 3 unspecified atom stereocenters. The maximum atomic E-state index is 13.5. The van der Waals surface area contributed by atoms with E-state index >= 15 is 0 Å². The van der Waals surface area contributed by atoms with Gasteiger partial charge in [0.25, 0.3) is 5.91 Å². The second-order valence-electron chi connectivity index (χ2n) is 7.32. The molecule has 2 aliphatic heterocycles. The molecule has 1 aliphatic carbocycles. The molecular weight excluding hydrogens is 376 g/mol. The van der Waals surface area contributed by atoms with Gasteiger partial charge in [0.15, 0.2) is 16.7 Å². The molecule has 0 radical (unpaired) electrons. The first-order chi connectivity index (χ1) is 13.7. The minimum atomic E-state index is -0.542. The number of carbonyl (C=O) groups is 2. The number of ketones is 1. The molecule has 3 heterocycles. The normalized spacial score (nSPS) is 26.8. The highest BCUT2D eigenvalue weighted by Crippen LogP contribution is 2.48. The van der Waals surface area contributed by atoms with Crippen molar-refractivity contribution in [1.29, 1.82) is 0 Å². The summed E-state index contributed by atoms with van der Waals surface area (Å²) in [6.07, 6.45) is 5.16. The monoisotopic (exact) mass is 396 g/mol. The Morgan fingerprint density at radius 1 is 1.25 bits per heavy atom. The minimum Gasteiger partial charge on any atom is -0.497 e. The number of nitrogens with zero attached hydrogens (tertiary/aromatic N) is 2. The van der Waals surface area contributed by atoms with Gasteiger partial charge in [-0.15, -0.1) is 11.3 Å². The number of Topliss-reactive ketones (excluding diaryl/α,β-unsaturated/α-hetero) is 1.